The van der Waals surface area contributed by atoms with Crippen molar-refractivity contribution in [3.05, 3.63) is 0 Å². The first kappa shape index (κ1) is 14.3. The van der Waals surface area contributed by atoms with E-state index in [1.54, 1.807) is 0 Å². The van der Waals surface area contributed by atoms with Crippen molar-refractivity contribution in [2.45, 2.75) is 36.8 Å². The van der Waals surface area contributed by atoms with E-state index < -0.39 is 36.5 Å². The lowest BCUT2D eigenvalue weighted by Gasteiger charge is -2.42. The predicted molar refractivity (Wildman–Crippen MR) is 55.4 cm³/mol. The molecule has 100 valence electrons. The summed E-state index contributed by atoms with van der Waals surface area (Å²) in [6.07, 6.45) is -3.28. The molecule has 1 saturated carbocycles. The fraction of sp³-hybridized carbons (Fsp3) is 0.900. The molecule has 0 aliphatic heterocycles. The molecule has 0 aromatic carbocycles. The molecular formula is C10H18O7. The van der Waals surface area contributed by atoms with Gasteiger partial charge in [0.05, 0.1) is 24.4 Å². The van der Waals surface area contributed by atoms with E-state index in [2.05, 4.69) is 0 Å². The zero-order valence-electron chi connectivity index (χ0n) is 9.57. The Labute approximate surface area is 98.6 Å². The number of ether oxygens (including phenoxy) is 2. The molecule has 2 atom stereocenters. The molecule has 0 aromatic rings. The van der Waals surface area contributed by atoms with E-state index in [1.165, 1.54) is 7.11 Å². The summed E-state index contributed by atoms with van der Waals surface area (Å²) in [7, 11) is 1.39. The third kappa shape index (κ3) is 3.62. The third-order valence-electron chi connectivity index (χ3n) is 2.97. The number of aliphatic hydroxyl groups excluding tert-OH is 3. The molecule has 0 radical (unpaired) electrons. The Morgan fingerprint density at radius 1 is 1.29 bits per heavy atom. The highest BCUT2D eigenvalue weighted by molar-refractivity contribution is 5.67. The Bertz CT molecular complexity index is 255. The van der Waals surface area contributed by atoms with Crippen molar-refractivity contribution in [2.75, 3.05) is 20.3 Å². The molecule has 7 heteroatoms. The number of carboxylic acid groups (broad SMARTS) is 1. The predicted octanol–water partition coefficient (Wildman–Crippen LogP) is -1.65. The van der Waals surface area contributed by atoms with Crippen molar-refractivity contribution in [1.82, 2.24) is 0 Å². The van der Waals surface area contributed by atoms with Crippen molar-refractivity contribution in [3.8, 4) is 0 Å². The van der Waals surface area contributed by atoms with Crippen molar-refractivity contribution in [3.63, 3.8) is 0 Å². The van der Waals surface area contributed by atoms with E-state index in [0.717, 1.165) is 0 Å². The van der Waals surface area contributed by atoms with Crippen LogP contribution in [0.25, 0.3) is 0 Å². The summed E-state index contributed by atoms with van der Waals surface area (Å²) >= 11 is 0. The Balaban J connectivity index is 2.59. The van der Waals surface area contributed by atoms with Gasteiger partial charge in [0.1, 0.15) is 12.7 Å². The molecule has 0 bridgehead atoms. The van der Waals surface area contributed by atoms with Gasteiger partial charge in [-0.05, 0) is 0 Å². The molecule has 0 spiro atoms. The lowest BCUT2D eigenvalue weighted by atomic mass is 9.80. The van der Waals surface area contributed by atoms with Crippen LogP contribution in [0.1, 0.15) is 12.8 Å². The molecule has 1 aliphatic carbocycles. The maximum atomic E-state index is 10.3. The van der Waals surface area contributed by atoms with Crippen molar-refractivity contribution in [1.29, 1.82) is 0 Å². The third-order valence-corrected chi connectivity index (χ3v) is 2.97. The zero-order valence-corrected chi connectivity index (χ0v) is 9.57. The number of rotatable bonds is 5. The first-order valence-electron chi connectivity index (χ1n) is 5.29. The highest BCUT2D eigenvalue weighted by Gasteiger charge is 2.45. The quantitative estimate of drug-likeness (QED) is 0.462. The molecule has 1 rings (SSSR count). The van der Waals surface area contributed by atoms with Gasteiger partial charge in [-0.15, -0.1) is 0 Å². The first-order valence-corrected chi connectivity index (χ1v) is 5.29. The van der Waals surface area contributed by atoms with E-state index in [4.69, 9.17) is 14.6 Å². The largest absolute Gasteiger partial charge is 0.480 e. The molecule has 4 N–H and O–H groups in total. The van der Waals surface area contributed by atoms with Crippen LogP contribution in [0, 0.1) is 0 Å². The molecule has 1 aliphatic rings. The van der Waals surface area contributed by atoms with Gasteiger partial charge < -0.3 is 29.9 Å². The van der Waals surface area contributed by atoms with Crippen LogP contribution in [0.2, 0.25) is 0 Å². The van der Waals surface area contributed by atoms with Crippen LogP contribution in [-0.2, 0) is 14.3 Å². The maximum absolute atomic E-state index is 10.3. The van der Waals surface area contributed by atoms with Gasteiger partial charge in [0, 0.05) is 20.0 Å². The van der Waals surface area contributed by atoms with Crippen molar-refractivity contribution >= 4 is 5.97 Å². The fourth-order valence-electron chi connectivity index (χ4n) is 2.01. The van der Waals surface area contributed by atoms with Crippen molar-refractivity contribution < 1.29 is 34.7 Å². The van der Waals surface area contributed by atoms with Gasteiger partial charge in [-0.1, -0.05) is 0 Å². The van der Waals surface area contributed by atoms with Gasteiger partial charge in [-0.2, -0.15) is 0 Å². The summed E-state index contributed by atoms with van der Waals surface area (Å²) < 4.78 is 10.1. The summed E-state index contributed by atoms with van der Waals surface area (Å²) in [6.45, 7) is -0.531. The Kier molecular flexibility index (Phi) is 4.84. The van der Waals surface area contributed by atoms with Crippen LogP contribution in [-0.4, -0.2) is 70.6 Å². The second-order valence-electron chi connectivity index (χ2n) is 4.31. The topological polar surface area (TPSA) is 116 Å². The monoisotopic (exact) mass is 250 g/mol. The fourth-order valence-corrected chi connectivity index (χ4v) is 2.01. The van der Waals surface area contributed by atoms with Gasteiger partial charge in [0.2, 0.25) is 0 Å². The summed E-state index contributed by atoms with van der Waals surface area (Å²) in [5.74, 6) is -1.10. The molecule has 0 amide bonds. The molecule has 2 unspecified atom stereocenters. The first-order chi connectivity index (χ1) is 7.90. The van der Waals surface area contributed by atoms with Crippen LogP contribution in [0.4, 0.5) is 0 Å². The minimum absolute atomic E-state index is 0.0589. The average molecular weight is 250 g/mol. The van der Waals surface area contributed by atoms with Gasteiger partial charge in [-0.3, -0.25) is 0 Å². The number of hydrogen-bond donors (Lipinski definition) is 4. The summed E-state index contributed by atoms with van der Waals surface area (Å²) in [5, 5.41) is 37.0. The lowest BCUT2D eigenvalue weighted by Crippen LogP contribution is -2.55. The molecule has 0 heterocycles. The Morgan fingerprint density at radius 2 is 1.82 bits per heavy atom. The molecule has 1 fully saturated rings. The van der Waals surface area contributed by atoms with E-state index in [9.17, 15) is 20.1 Å². The number of methoxy groups -OCH3 is 1. The standard InChI is InChI=1S/C10H18O7/c1-16-10(5-17-4-8(13)14)2-6(11)9(15)7(12)3-10/h6-7,9,11-12,15H,2-5H2,1H3,(H,13,14). The second kappa shape index (κ2) is 5.74. The van der Waals surface area contributed by atoms with E-state index in [1.807, 2.05) is 0 Å². The number of aliphatic hydroxyl groups is 3. The zero-order chi connectivity index (χ0) is 13.1. The normalized spacial score (nSPS) is 38.0. The highest BCUT2D eigenvalue weighted by Crippen LogP contribution is 2.32. The number of hydrogen-bond acceptors (Lipinski definition) is 6. The lowest BCUT2D eigenvalue weighted by molar-refractivity contribution is -0.186. The minimum Gasteiger partial charge on any atom is -0.480 e. The van der Waals surface area contributed by atoms with Gasteiger partial charge in [0.15, 0.2) is 0 Å². The van der Waals surface area contributed by atoms with Crippen LogP contribution >= 0.6 is 0 Å². The highest BCUT2D eigenvalue weighted by atomic mass is 16.5. The molecule has 7 nitrogen and oxygen atoms in total. The SMILES string of the molecule is COC1(COCC(=O)O)CC(O)C(O)C(O)C1. The molecule has 0 aromatic heterocycles. The van der Waals surface area contributed by atoms with Crippen LogP contribution in [0.15, 0.2) is 0 Å². The molecule has 17 heavy (non-hydrogen) atoms. The van der Waals surface area contributed by atoms with Crippen LogP contribution in [0.3, 0.4) is 0 Å². The van der Waals surface area contributed by atoms with E-state index in [0.29, 0.717) is 0 Å². The van der Waals surface area contributed by atoms with E-state index >= 15 is 0 Å². The van der Waals surface area contributed by atoms with Gasteiger partial charge in [-0.25, -0.2) is 4.79 Å². The number of aliphatic carboxylic acids is 1. The second-order valence-corrected chi connectivity index (χ2v) is 4.31. The summed E-state index contributed by atoms with van der Waals surface area (Å²) in [4.78, 5) is 10.3. The minimum atomic E-state index is -1.21. The van der Waals surface area contributed by atoms with Crippen molar-refractivity contribution in [2.24, 2.45) is 0 Å². The van der Waals surface area contributed by atoms with Crippen LogP contribution < -0.4 is 0 Å². The number of carbonyl (C=O) groups is 1. The maximum Gasteiger partial charge on any atom is 0.329 e. The molecular weight excluding hydrogens is 232 g/mol. The number of carboxylic acids is 1. The average Bonchev–Trinajstić information content (AvgIpc) is 2.25. The summed E-state index contributed by atoms with van der Waals surface area (Å²) in [6, 6.07) is 0. The molecule has 0 saturated heterocycles. The Morgan fingerprint density at radius 3 is 2.24 bits per heavy atom. The van der Waals surface area contributed by atoms with Gasteiger partial charge in [0.25, 0.3) is 0 Å². The smallest absolute Gasteiger partial charge is 0.329 e. The van der Waals surface area contributed by atoms with E-state index in [-0.39, 0.29) is 19.4 Å². The summed E-state index contributed by atoms with van der Waals surface area (Å²) in [5.41, 5.74) is -0.965. The van der Waals surface area contributed by atoms with Gasteiger partial charge >= 0.3 is 5.97 Å². The van der Waals surface area contributed by atoms with Crippen LogP contribution in [0.5, 0.6) is 0 Å². The Hall–Kier alpha value is -0.730.